The average molecular weight is 1480 g/mol. The Labute approximate surface area is 553 Å². The van der Waals surface area contributed by atoms with E-state index in [-0.39, 0.29) is 103 Å². The van der Waals surface area contributed by atoms with Crippen molar-refractivity contribution < 1.29 is 113 Å². The monoisotopic (exact) mass is 1480 g/mol. The number of aliphatic hydroxyl groups excluding tert-OH is 1. The van der Waals surface area contributed by atoms with E-state index in [1.165, 1.54) is 54.7 Å². The molecule has 4 aliphatic rings. The van der Waals surface area contributed by atoms with Gasteiger partial charge in [-0.1, -0.05) is 80.4 Å². The summed E-state index contributed by atoms with van der Waals surface area (Å²) in [5.74, 6) is -14.4. The van der Waals surface area contributed by atoms with Gasteiger partial charge in [0.15, 0.2) is 11.9 Å². The predicted molar refractivity (Wildman–Crippen MR) is 326 cm³/mol. The molecule has 12 atom stereocenters. The fourth-order valence-electron chi connectivity index (χ4n) is 11.5. The Morgan fingerprint density at radius 2 is 1.41 bits per heavy atom. The van der Waals surface area contributed by atoms with E-state index in [0.29, 0.717) is 37.0 Å². The van der Waals surface area contributed by atoms with Crippen LogP contribution in [0.2, 0.25) is 0 Å². The van der Waals surface area contributed by atoms with Crippen LogP contribution in [-0.4, -0.2) is 196 Å². The van der Waals surface area contributed by atoms with Gasteiger partial charge in [-0.05, 0) is 107 Å². The molecule has 3 aliphatic heterocycles. The van der Waals surface area contributed by atoms with Crippen LogP contribution in [0.4, 0.5) is 0 Å². The number of likely N-dealkylation sites (N-methyl/N-ethyl adjacent to an activating group) is 2. The number of ketones is 2. The summed E-state index contributed by atoms with van der Waals surface area (Å²) in [7, 11) is 4.26. The van der Waals surface area contributed by atoms with Gasteiger partial charge in [-0.2, -0.15) is 0 Å². The molecule has 3 saturated heterocycles. The summed E-state index contributed by atoms with van der Waals surface area (Å²) in [4.78, 5) is 181. The molecule has 5 rings (SSSR count). The van der Waals surface area contributed by atoms with E-state index in [1.54, 1.807) is 52.0 Å². The van der Waals surface area contributed by atoms with Crippen LogP contribution in [0.5, 0.6) is 5.75 Å². The zero-order chi connectivity index (χ0) is 67.1. The molecule has 1 saturated carbocycles. The van der Waals surface area contributed by atoms with Crippen LogP contribution in [0.1, 0.15) is 152 Å². The molecule has 0 aromatic heterocycles. The molecule has 10 N–H and O–H groups in total. The molecule has 1 aliphatic carbocycles. The minimum atomic E-state index is -1.78. The molecule has 0 unspecified atom stereocenters. The number of benzene rings is 1. The summed E-state index contributed by atoms with van der Waals surface area (Å²) < 4.78 is 17.2. The molecule has 1 aromatic carbocycles. The van der Waals surface area contributed by atoms with Gasteiger partial charge in [0.05, 0.1) is 43.5 Å². The van der Waals surface area contributed by atoms with E-state index < -0.39 is 167 Å². The van der Waals surface area contributed by atoms with Crippen LogP contribution >= 0.6 is 0 Å². The number of amides is 7. The number of nitrogens with one attached hydrogen (secondary N) is 3. The van der Waals surface area contributed by atoms with Gasteiger partial charge < -0.3 is 87.0 Å². The molecule has 28 nitrogen and oxygen atoms in total. The van der Waals surface area contributed by atoms with Gasteiger partial charge in [0.1, 0.15) is 48.1 Å². The number of ether oxygens (including phenoxy) is 3. The number of likely N-dealkylation sites (tertiary alicyclic amines) is 1. The minimum Gasteiger partial charge on any atom is -0.549 e. The second kappa shape index (κ2) is 37.1. The van der Waals surface area contributed by atoms with Crippen LogP contribution < -0.4 is 43.2 Å². The third-order valence-electron chi connectivity index (χ3n) is 17.4. The minimum absolute atomic E-state index is 0. The quantitative estimate of drug-likeness (QED) is 0.0702. The number of Topliss-reactive ketones (excluding diaryl/α,β-unsaturated/α-hetero) is 2. The number of carbonyl (C=O) groups is 13. The number of hydrogen-bond donors (Lipinski definition) is 6. The van der Waals surface area contributed by atoms with E-state index in [9.17, 15) is 77.6 Å². The first-order chi connectivity index (χ1) is 41.6. The fourth-order valence-corrected chi connectivity index (χ4v) is 11.5. The van der Waals surface area contributed by atoms with Crippen molar-refractivity contribution in [1.29, 1.82) is 0 Å². The van der Waals surface area contributed by atoms with Gasteiger partial charge in [0, 0.05) is 45.9 Å². The van der Waals surface area contributed by atoms with Gasteiger partial charge in [-0.3, -0.25) is 47.9 Å². The number of carboxylic acid groups (broad SMARTS) is 2. The van der Waals surface area contributed by atoms with E-state index in [0.717, 1.165) is 6.92 Å². The number of methoxy groups -OCH3 is 1. The molecule has 1 aromatic rings. The topological polar surface area (TPSA) is 435 Å². The van der Waals surface area contributed by atoms with Crippen LogP contribution in [0.3, 0.4) is 0 Å². The van der Waals surface area contributed by atoms with E-state index >= 15 is 0 Å². The summed E-state index contributed by atoms with van der Waals surface area (Å²) in [6.45, 7) is 18.1. The number of aliphatic hydroxyl groups is 1. The Morgan fingerprint density at radius 1 is 0.826 bits per heavy atom. The van der Waals surface area contributed by atoms with Crippen molar-refractivity contribution in [3.8, 4) is 5.75 Å². The Hall–Kier alpha value is -6.90. The van der Waals surface area contributed by atoms with Gasteiger partial charge in [-0.15, -0.1) is 0 Å². The van der Waals surface area contributed by atoms with Gasteiger partial charge in [0.2, 0.25) is 41.2 Å². The summed E-state index contributed by atoms with van der Waals surface area (Å²) >= 11 is 0. The molecule has 29 heteroatoms. The van der Waals surface area contributed by atoms with Gasteiger partial charge in [0.25, 0.3) is 5.91 Å². The van der Waals surface area contributed by atoms with Crippen molar-refractivity contribution >= 4 is 76.8 Å². The number of nitrogens with zero attached hydrogens (tertiary/aromatic N) is 4. The van der Waals surface area contributed by atoms with Crippen molar-refractivity contribution in [2.45, 2.75) is 214 Å². The zero-order valence-corrected chi connectivity index (χ0v) is 58.0. The van der Waals surface area contributed by atoms with Gasteiger partial charge in [-0.25, -0.2) is 4.79 Å². The van der Waals surface area contributed by atoms with Crippen molar-refractivity contribution in [2.75, 3.05) is 34.3 Å². The summed E-state index contributed by atoms with van der Waals surface area (Å²) in [5, 5.41) is 40.5. The first-order valence-corrected chi connectivity index (χ1v) is 30.9. The van der Waals surface area contributed by atoms with Crippen molar-refractivity contribution in [3.05, 3.63) is 29.8 Å². The third-order valence-corrected chi connectivity index (χ3v) is 17.4. The number of rotatable bonds is 17. The number of fused-ring (bicyclic) bond motifs is 1. The maximum absolute atomic E-state index is 15.0. The molecule has 3 heterocycles. The summed E-state index contributed by atoms with van der Waals surface area (Å²) in [5.41, 5.74) is -1.10. The Kier molecular flexibility index (Phi) is 33.5. The summed E-state index contributed by atoms with van der Waals surface area (Å²) in [6, 6.07) is -2.32. The van der Waals surface area contributed by atoms with Crippen molar-refractivity contribution in [3.63, 3.8) is 0 Å². The maximum atomic E-state index is 15.0. The smallest absolute Gasteiger partial charge is 0.549 e. The second-order valence-electron chi connectivity index (χ2n) is 25.3. The van der Waals surface area contributed by atoms with Crippen LogP contribution in [0, 0.1) is 35.0 Å². The number of cyclic esters (lactones) is 2. The maximum Gasteiger partial charge on any atom is 2.00 e. The Bertz CT molecular complexity index is 2750. The molecular formula is C63H99N9O19Pt. The molecule has 0 radical (unpaired) electrons. The number of hydrogen-bond acceptors (Lipinski definition) is 21. The van der Waals surface area contributed by atoms with Crippen LogP contribution in [0.15, 0.2) is 24.3 Å². The van der Waals surface area contributed by atoms with Crippen LogP contribution in [0.25, 0.3) is 0 Å². The first kappa shape index (κ1) is 83.1. The Morgan fingerprint density at radius 3 is 1.90 bits per heavy atom. The molecule has 0 bridgehead atoms. The van der Waals surface area contributed by atoms with Gasteiger partial charge >= 0.3 is 33.0 Å². The average Bonchev–Trinajstić information content (AvgIpc) is 1.12. The van der Waals surface area contributed by atoms with Crippen molar-refractivity contribution in [1.82, 2.24) is 47.9 Å². The molecule has 92 heavy (non-hydrogen) atoms. The largest absolute Gasteiger partial charge is 2.00 e. The SMILES string of the molecule is CC[C@H](C)[C@H]1NC(=O)[C@@H](NC(=O)[C@@H](CC(C)C)N(C)C(=O)[C@@H]2CCCN2C(=O)C(C)=O)[C@@H](C)OC(=O)[C@H](Cc2ccc(OC)cc2)N(C)C(=O)[C@@H]2CCCN2C(=O)[C@H](CC(C)C)NC(=O)[C@@H](C)C(=O)[C@H](C(C)C)OC(=O)C[C@@H]1O.N.N.O=C([O-])C1(C(=O)[O-])CCC1.[Pt+2]. The standard InChI is InChI=1S/C57H87N7O15.C6H8O4.2H3N.Pt/c1-15-33(8)46-44(66)29-45(67)79-49(32(6)7)48(68)34(9)50(69)58-39(26-30(2)3)54(73)64-25-17-19-41(64)56(75)62(13)43(28-37-20-22-38(77-14)23-21-37)57(76)78-36(11)47(52(71)59-46)60-51(70)42(27-31(4)5)61(12)55(74)40-18-16-24-63(40)53(72)35(10)65;7-4(8)6(5(9)10)2-1-3-6;;;/h20-23,30-34,36,39-44,46-47,49,66H,15-19,24-29H2,1-14H3,(H,58,69)(H,59,71)(H,60,70);1-3H2,(H,7,8)(H,9,10);2*1H3;/q;;;;+2/p-2/t33-,34-,36+,39-,40-,41-,42+,43-,44-,46+,47-,49-;;;;/m0..../s1. The first-order valence-electron chi connectivity index (χ1n) is 30.9. The molecule has 4 fully saturated rings. The normalized spacial score (nSPS) is 25.7. The van der Waals surface area contributed by atoms with E-state index in [4.69, 9.17) is 14.2 Å². The molecule has 0 spiro atoms. The second-order valence-corrected chi connectivity index (χ2v) is 25.3. The third kappa shape index (κ3) is 21.1. The Balaban J connectivity index is 0.00000296. The number of carboxylic acids is 2. The molecule has 520 valence electrons. The molecular weight excluding hydrogens is 1380 g/mol. The number of esters is 2. The predicted octanol–water partition coefficient (Wildman–Crippen LogP) is 0.503. The summed E-state index contributed by atoms with van der Waals surface area (Å²) in [6.07, 6.45) is -2.83. The zero-order valence-electron chi connectivity index (χ0n) is 55.7. The van der Waals surface area contributed by atoms with Crippen molar-refractivity contribution in [2.24, 2.45) is 35.0 Å². The van der Waals surface area contributed by atoms with E-state index in [2.05, 4.69) is 16.0 Å². The number of carbonyl (C=O) groups excluding carboxylic acids is 13. The fraction of sp³-hybridized carbons (Fsp3) is 0.698. The van der Waals surface area contributed by atoms with E-state index in [1.807, 2.05) is 27.7 Å². The molecule has 7 amide bonds. The van der Waals surface area contributed by atoms with Crippen LogP contribution in [-0.2, 0) is 99.3 Å². The number of aliphatic carboxylic acids is 2.